The van der Waals surface area contributed by atoms with E-state index in [1.54, 1.807) is 20.4 Å². The number of halogens is 1. The molecule has 0 saturated heterocycles. The predicted octanol–water partition coefficient (Wildman–Crippen LogP) is 3.52. The lowest BCUT2D eigenvalue weighted by atomic mass is 10.1. The summed E-state index contributed by atoms with van der Waals surface area (Å²) >= 11 is 0. The summed E-state index contributed by atoms with van der Waals surface area (Å²) in [5.41, 5.74) is 8.90. The number of nitrogens with one attached hydrogen (secondary N) is 2. The van der Waals surface area contributed by atoms with Crippen LogP contribution in [0, 0.1) is 0 Å². The van der Waals surface area contributed by atoms with Gasteiger partial charge in [-0.05, 0) is 42.3 Å². The van der Waals surface area contributed by atoms with E-state index < -0.39 is 0 Å². The maximum atomic E-state index is 11.8. The molecule has 3 aromatic rings. The average Bonchev–Trinajstić information content (AvgIpc) is 2.79. The Labute approximate surface area is 194 Å². The molecule has 0 aliphatic heterocycles. The Balaban J connectivity index is 0.00000363. The molecule has 32 heavy (non-hydrogen) atoms. The lowest BCUT2D eigenvalue weighted by molar-refractivity contribution is -0.116. The van der Waals surface area contributed by atoms with Crippen molar-refractivity contribution in [2.75, 3.05) is 37.9 Å². The third-order valence-electron chi connectivity index (χ3n) is 4.61. The SMILES string of the molecule is COc1ccc(CCNc2nccc(-c3cccc(NC(=O)CCN)c3)n2)cc1OC.Cl. The van der Waals surface area contributed by atoms with Gasteiger partial charge in [-0.1, -0.05) is 18.2 Å². The van der Waals surface area contributed by atoms with E-state index >= 15 is 0 Å². The van der Waals surface area contributed by atoms with E-state index in [1.165, 1.54) is 0 Å². The summed E-state index contributed by atoms with van der Waals surface area (Å²) in [6.07, 6.45) is 2.77. The number of rotatable bonds is 10. The number of nitrogens with zero attached hydrogens (tertiary/aromatic N) is 2. The summed E-state index contributed by atoms with van der Waals surface area (Å²) in [6.45, 7) is 0.976. The molecule has 1 amide bonds. The maximum absolute atomic E-state index is 11.8. The smallest absolute Gasteiger partial charge is 0.225 e. The van der Waals surface area contributed by atoms with Crippen molar-refractivity contribution >= 4 is 29.9 Å². The highest BCUT2D eigenvalue weighted by atomic mass is 35.5. The molecule has 8 nitrogen and oxygen atoms in total. The monoisotopic (exact) mass is 457 g/mol. The fourth-order valence-electron chi connectivity index (χ4n) is 3.07. The van der Waals surface area contributed by atoms with Gasteiger partial charge in [0, 0.05) is 37.0 Å². The molecule has 0 aliphatic rings. The number of carbonyl (C=O) groups is 1. The zero-order valence-electron chi connectivity index (χ0n) is 18.1. The van der Waals surface area contributed by atoms with Crippen molar-refractivity contribution in [3.05, 3.63) is 60.3 Å². The highest BCUT2D eigenvalue weighted by Gasteiger charge is 2.07. The molecule has 9 heteroatoms. The minimum absolute atomic E-state index is 0. The molecule has 0 atom stereocenters. The summed E-state index contributed by atoms with van der Waals surface area (Å²) in [6, 6.07) is 15.2. The molecule has 170 valence electrons. The maximum Gasteiger partial charge on any atom is 0.225 e. The Morgan fingerprint density at radius 1 is 1.06 bits per heavy atom. The van der Waals surface area contributed by atoms with Crippen LogP contribution in [0.2, 0.25) is 0 Å². The van der Waals surface area contributed by atoms with Crippen molar-refractivity contribution in [2.24, 2.45) is 5.73 Å². The van der Waals surface area contributed by atoms with E-state index in [9.17, 15) is 4.79 Å². The van der Waals surface area contributed by atoms with Gasteiger partial charge in [-0.25, -0.2) is 9.97 Å². The highest BCUT2D eigenvalue weighted by Crippen LogP contribution is 2.27. The molecule has 3 rings (SSSR count). The molecule has 1 aromatic heterocycles. The number of anilines is 2. The second kappa shape index (κ2) is 12.5. The van der Waals surface area contributed by atoms with E-state index in [2.05, 4.69) is 20.6 Å². The van der Waals surface area contributed by atoms with Crippen LogP contribution in [0.4, 0.5) is 11.6 Å². The molecule has 1 heterocycles. The Morgan fingerprint density at radius 2 is 1.88 bits per heavy atom. The van der Waals surface area contributed by atoms with Crippen LogP contribution >= 0.6 is 12.4 Å². The molecule has 0 fully saturated rings. The molecular formula is C23H28ClN5O3. The average molecular weight is 458 g/mol. The van der Waals surface area contributed by atoms with Gasteiger partial charge < -0.3 is 25.8 Å². The normalized spacial score (nSPS) is 10.1. The third-order valence-corrected chi connectivity index (χ3v) is 4.61. The standard InChI is InChI=1S/C23H27N5O3.ClH/c1-30-20-7-6-16(14-21(20)31-2)9-12-25-23-26-13-10-19(28-23)17-4-3-5-18(15-17)27-22(29)8-11-24;/h3-7,10,13-15H,8-9,11-12,24H2,1-2H3,(H,27,29)(H,25,26,28);1H. The molecule has 0 bridgehead atoms. The summed E-state index contributed by atoms with van der Waals surface area (Å²) < 4.78 is 10.6. The van der Waals surface area contributed by atoms with Gasteiger partial charge in [0.2, 0.25) is 11.9 Å². The zero-order valence-corrected chi connectivity index (χ0v) is 18.9. The fraction of sp³-hybridized carbons (Fsp3) is 0.261. The Kier molecular flexibility index (Phi) is 9.72. The van der Waals surface area contributed by atoms with Gasteiger partial charge in [-0.15, -0.1) is 12.4 Å². The number of hydrogen-bond acceptors (Lipinski definition) is 7. The molecular weight excluding hydrogens is 430 g/mol. The number of amides is 1. The first-order valence-electron chi connectivity index (χ1n) is 10.0. The van der Waals surface area contributed by atoms with Crippen LogP contribution in [0.15, 0.2) is 54.7 Å². The summed E-state index contributed by atoms with van der Waals surface area (Å²) in [4.78, 5) is 20.7. The first-order valence-corrected chi connectivity index (χ1v) is 10.0. The van der Waals surface area contributed by atoms with E-state index in [-0.39, 0.29) is 24.7 Å². The summed E-state index contributed by atoms with van der Waals surface area (Å²) in [5, 5.41) is 6.10. The van der Waals surface area contributed by atoms with Crippen LogP contribution in [0.3, 0.4) is 0 Å². The van der Waals surface area contributed by atoms with Gasteiger partial charge in [-0.2, -0.15) is 0 Å². The van der Waals surface area contributed by atoms with Crippen LogP contribution in [0.25, 0.3) is 11.3 Å². The van der Waals surface area contributed by atoms with Crippen LogP contribution in [-0.4, -0.2) is 43.2 Å². The van der Waals surface area contributed by atoms with Crippen molar-refractivity contribution in [2.45, 2.75) is 12.8 Å². The topological polar surface area (TPSA) is 111 Å². The number of hydrogen-bond donors (Lipinski definition) is 3. The molecule has 0 saturated carbocycles. The number of carbonyl (C=O) groups excluding carboxylic acids is 1. The number of aromatic nitrogens is 2. The van der Waals surface area contributed by atoms with Gasteiger partial charge in [0.1, 0.15) is 0 Å². The van der Waals surface area contributed by atoms with Gasteiger partial charge >= 0.3 is 0 Å². The quantitative estimate of drug-likeness (QED) is 0.427. The fourth-order valence-corrected chi connectivity index (χ4v) is 3.07. The van der Waals surface area contributed by atoms with Crippen LogP contribution in [-0.2, 0) is 11.2 Å². The van der Waals surface area contributed by atoms with Crippen LogP contribution in [0.5, 0.6) is 11.5 Å². The largest absolute Gasteiger partial charge is 0.493 e. The first-order chi connectivity index (χ1) is 15.1. The van der Waals surface area contributed by atoms with Crippen LogP contribution < -0.4 is 25.8 Å². The minimum atomic E-state index is -0.111. The van der Waals surface area contributed by atoms with Crippen molar-refractivity contribution in [3.63, 3.8) is 0 Å². The molecule has 0 aliphatic carbocycles. The molecule has 0 radical (unpaired) electrons. The lowest BCUT2D eigenvalue weighted by Gasteiger charge is -2.11. The Hall–Kier alpha value is -3.36. The van der Waals surface area contributed by atoms with Crippen molar-refractivity contribution < 1.29 is 14.3 Å². The van der Waals surface area contributed by atoms with Crippen molar-refractivity contribution in [1.82, 2.24) is 9.97 Å². The molecule has 0 spiro atoms. The van der Waals surface area contributed by atoms with E-state index in [4.69, 9.17) is 15.2 Å². The molecule has 2 aromatic carbocycles. The summed E-state index contributed by atoms with van der Waals surface area (Å²) in [5.74, 6) is 1.84. The number of methoxy groups -OCH3 is 2. The Bertz CT molecular complexity index is 1030. The number of nitrogens with two attached hydrogens (primary N) is 1. The Morgan fingerprint density at radius 3 is 2.62 bits per heavy atom. The second-order valence-corrected chi connectivity index (χ2v) is 6.80. The van der Waals surface area contributed by atoms with Gasteiger partial charge in [0.15, 0.2) is 11.5 Å². The van der Waals surface area contributed by atoms with E-state index in [0.717, 1.165) is 23.2 Å². The first kappa shape index (κ1) is 24.9. The predicted molar refractivity (Wildman–Crippen MR) is 129 cm³/mol. The van der Waals surface area contributed by atoms with E-state index in [1.807, 2.05) is 48.5 Å². The number of ether oxygens (including phenoxy) is 2. The molecule has 0 unspecified atom stereocenters. The second-order valence-electron chi connectivity index (χ2n) is 6.80. The minimum Gasteiger partial charge on any atom is -0.493 e. The zero-order chi connectivity index (χ0) is 22.1. The van der Waals surface area contributed by atoms with E-state index in [0.29, 0.717) is 36.2 Å². The van der Waals surface area contributed by atoms with Gasteiger partial charge in [0.25, 0.3) is 0 Å². The van der Waals surface area contributed by atoms with Crippen molar-refractivity contribution in [1.29, 1.82) is 0 Å². The molecule has 4 N–H and O–H groups in total. The van der Waals surface area contributed by atoms with Crippen molar-refractivity contribution in [3.8, 4) is 22.8 Å². The number of benzene rings is 2. The lowest BCUT2D eigenvalue weighted by Crippen LogP contribution is -2.16. The highest BCUT2D eigenvalue weighted by molar-refractivity contribution is 5.91. The van der Waals surface area contributed by atoms with Gasteiger partial charge in [0.05, 0.1) is 19.9 Å². The third kappa shape index (κ3) is 6.83. The van der Waals surface area contributed by atoms with Crippen LogP contribution in [0.1, 0.15) is 12.0 Å². The van der Waals surface area contributed by atoms with Gasteiger partial charge in [-0.3, -0.25) is 4.79 Å². The summed E-state index contributed by atoms with van der Waals surface area (Å²) in [7, 11) is 3.24.